The highest BCUT2D eigenvalue weighted by Crippen LogP contribution is 2.29. The SMILES string of the molecule is Cc1cccc(CC(N)c2ccc(Nc3cc(N(C)C)c4ccccc4n3)cc2)c1. The third-order valence-electron chi connectivity index (χ3n) is 5.33. The molecule has 30 heavy (non-hydrogen) atoms. The largest absolute Gasteiger partial charge is 0.377 e. The van der Waals surface area contributed by atoms with Crippen LogP contribution in [0.25, 0.3) is 10.9 Å². The number of aryl methyl sites for hydroxylation is 1. The molecule has 0 spiro atoms. The van der Waals surface area contributed by atoms with Gasteiger partial charge in [0, 0.05) is 43.0 Å². The fraction of sp³-hybridized carbons (Fsp3) is 0.192. The van der Waals surface area contributed by atoms with E-state index in [1.807, 2.05) is 18.2 Å². The molecule has 4 aromatic rings. The molecule has 0 saturated carbocycles. The summed E-state index contributed by atoms with van der Waals surface area (Å²) in [5, 5.41) is 4.58. The summed E-state index contributed by atoms with van der Waals surface area (Å²) in [6, 6.07) is 27.1. The number of fused-ring (bicyclic) bond motifs is 1. The van der Waals surface area contributed by atoms with Crippen LogP contribution < -0.4 is 16.0 Å². The topological polar surface area (TPSA) is 54.2 Å². The third-order valence-corrected chi connectivity index (χ3v) is 5.33. The Morgan fingerprint density at radius 1 is 0.933 bits per heavy atom. The molecule has 3 N–H and O–H groups in total. The van der Waals surface area contributed by atoms with Gasteiger partial charge in [-0.15, -0.1) is 0 Å². The van der Waals surface area contributed by atoms with Crippen molar-refractivity contribution in [2.45, 2.75) is 19.4 Å². The molecule has 0 bridgehead atoms. The maximum atomic E-state index is 6.46. The third kappa shape index (κ3) is 4.44. The molecule has 0 amide bonds. The maximum Gasteiger partial charge on any atom is 0.133 e. The number of para-hydroxylation sites is 1. The monoisotopic (exact) mass is 396 g/mol. The summed E-state index contributed by atoms with van der Waals surface area (Å²) in [5.41, 5.74) is 13.2. The van der Waals surface area contributed by atoms with E-state index in [0.717, 1.165) is 40.1 Å². The summed E-state index contributed by atoms with van der Waals surface area (Å²) in [7, 11) is 4.10. The molecular formula is C26H28N4. The van der Waals surface area contributed by atoms with Crippen LogP contribution >= 0.6 is 0 Å². The number of anilines is 3. The Morgan fingerprint density at radius 2 is 1.70 bits per heavy atom. The molecule has 4 rings (SSSR count). The fourth-order valence-electron chi connectivity index (χ4n) is 3.76. The second-order valence-electron chi connectivity index (χ2n) is 7.98. The minimum absolute atomic E-state index is 0.0278. The summed E-state index contributed by atoms with van der Waals surface area (Å²) >= 11 is 0. The summed E-state index contributed by atoms with van der Waals surface area (Å²) in [5.74, 6) is 0.828. The number of hydrogen-bond donors (Lipinski definition) is 2. The minimum Gasteiger partial charge on any atom is -0.377 e. The van der Waals surface area contributed by atoms with Crippen LogP contribution in [0, 0.1) is 6.92 Å². The molecule has 1 unspecified atom stereocenters. The van der Waals surface area contributed by atoms with Crippen molar-refractivity contribution in [3.8, 4) is 0 Å². The van der Waals surface area contributed by atoms with E-state index in [2.05, 4.69) is 91.9 Å². The first-order valence-electron chi connectivity index (χ1n) is 10.2. The van der Waals surface area contributed by atoms with Crippen LogP contribution in [-0.2, 0) is 6.42 Å². The van der Waals surface area contributed by atoms with Gasteiger partial charge in [-0.25, -0.2) is 4.98 Å². The lowest BCUT2D eigenvalue weighted by Crippen LogP contribution is -2.13. The summed E-state index contributed by atoms with van der Waals surface area (Å²) < 4.78 is 0. The number of hydrogen-bond acceptors (Lipinski definition) is 4. The van der Waals surface area contributed by atoms with Crippen LogP contribution in [-0.4, -0.2) is 19.1 Å². The first kappa shape index (κ1) is 19.9. The van der Waals surface area contributed by atoms with Crippen molar-refractivity contribution in [3.05, 3.63) is 95.6 Å². The van der Waals surface area contributed by atoms with Crippen LogP contribution in [0.4, 0.5) is 17.2 Å². The highest BCUT2D eigenvalue weighted by atomic mass is 15.1. The van der Waals surface area contributed by atoms with Crippen molar-refractivity contribution in [1.29, 1.82) is 0 Å². The second-order valence-corrected chi connectivity index (χ2v) is 7.98. The summed E-state index contributed by atoms with van der Waals surface area (Å²) in [4.78, 5) is 6.89. The zero-order valence-electron chi connectivity index (χ0n) is 17.8. The Bertz CT molecular complexity index is 1150. The van der Waals surface area contributed by atoms with Crippen molar-refractivity contribution in [2.75, 3.05) is 24.3 Å². The van der Waals surface area contributed by atoms with Gasteiger partial charge < -0.3 is 16.0 Å². The summed E-state index contributed by atoms with van der Waals surface area (Å²) in [6.45, 7) is 2.11. The molecule has 1 aromatic heterocycles. The second kappa shape index (κ2) is 8.56. The zero-order valence-corrected chi connectivity index (χ0v) is 17.8. The van der Waals surface area contributed by atoms with Gasteiger partial charge in [0.25, 0.3) is 0 Å². The average Bonchev–Trinajstić information content (AvgIpc) is 2.73. The highest BCUT2D eigenvalue weighted by Gasteiger charge is 2.10. The smallest absolute Gasteiger partial charge is 0.133 e. The quantitative estimate of drug-likeness (QED) is 0.446. The van der Waals surface area contributed by atoms with E-state index in [-0.39, 0.29) is 6.04 Å². The Kier molecular flexibility index (Phi) is 5.68. The maximum absolute atomic E-state index is 6.46. The fourth-order valence-corrected chi connectivity index (χ4v) is 3.76. The van der Waals surface area contributed by atoms with E-state index in [0.29, 0.717) is 0 Å². The molecule has 1 atom stereocenters. The van der Waals surface area contributed by atoms with Gasteiger partial charge in [-0.05, 0) is 42.7 Å². The number of nitrogens with one attached hydrogen (secondary N) is 1. The Hall–Kier alpha value is -3.37. The normalized spacial score (nSPS) is 12.0. The molecule has 0 saturated heterocycles. The number of aromatic nitrogens is 1. The van der Waals surface area contributed by atoms with Gasteiger partial charge in [0.05, 0.1) is 5.52 Å². The van der Waals surface area contributed by atoms with Crippen molar-refractivity contribution in [2.24, 2.45) is 5.73 Å². The van der Waals surface area contributed by atoms with E-state index >= 15 is 0 Å². The number of pyridine rings is 1. The van der Waals surface area contributed by atoms with Gasteiger partial charge in [0.15, 0.2) is 0 Å². The molecule has 0 aliphatic rings. The predicted octanol–water partition coefficient (Wildman–Crippen LogP) is 5.60. The first-order valence-corrected chi connectivity index (χ1v) is 10.2. The van der Waals surface area contributed by atoms with E-state index < -0.39 is 0 Å². The van der Waals surface area contributed by atoms with Gasteiger partial charge in [-0.1, -0.05) is 60.2 Å². The van der Waals surface area contributed by atoms with E-state index in [4.69, 9.17) is 10.7 Å². The van der Waals surface area contributed by atoms with Crippen LogP contribution in [0.3, 0.4) is 0 Å². The lowest BCUT2D eigenvalue weighted by atomic mass is 9.98. The molecular weight excluding hydrogens is 368 g/mol. The molecule has 3 aromatic carbocycles. The van der Waals surface area contributed by atoms with Gasteiger partial charge >= 0.3 is 0 Å². The highest BCUT2D eigenvalue weighted by molar-refractivity contribution is 5.93. The lowest BCUT2D eigenvalue weighted by Gasteiger charge is -2.18. The van der Waals surface area contributed by atoms with Crippen molar-refractivity contribution < 1.29 is 0 Å². The molecule has 0 radical (unpaired) electrons. The zero-order chi connectivity index (χ0) is 21.1. The van der Waals surface area contributed by atoms with Gasteiger partial charge in [-0.2, -0.15) is 0 Å². The van der Waals surface area contributed by atoms with Gasteiger partial charge in [-0.3, -0.25) is 0 Å². The molecule has 1 heterocycles. The Balaban J connectivity index is 1.52. The number of nitrogens with zero attached hydrogens (tertiary/aromatic N) is 2. The van der Waals surface area contributed by atoms with Crippen LogP contribution in [0.15, 0.2) is 78.9 Å². The predicted molar refractivity (Wildman–Crippen MR) is 128 cm³/mol. The van der Waals surface area contributed by atoms with Crippen LogP contribution in [0.1, 0.15) is 22.7 Å². The molecule has 0 aliphatic carbocycles. The number of rotatable bonds is 6. The molecule has 152 valence electrons. The first-order chi connectivity index (χ1) is 14.5. The summed E-state index contributed by atoms with van der Waals surface area (Å²) in [6.07, 6.45) is 0.826. The standard InChI is InChI=1S/C26H28N4/c1-18-7-6-8-19(15-18)16-23(27)20-11-13-21(14-12-20)28-26-17-25(30(2)3)22-9-4-5-10-24(22)29-26/h4-15,17,23H,16,27H2,1-3H3,(H,28,29). The minimum atomic E-state index is -0.0278. The average molecular weight is 397 g/mol. The van der Waals surface area contributed by atoms with E-state index in [1.54, 1.807) is 0 Å². The molecule has 4 nitrogen and oxygen atoms in total. The molecule has 4 heteroatoms. The lowest BCUT2D eigenvalue weighted by molar-refractivity contribution is 0.722. The van der Waals surface area contributed by atoms with Crippen molar-refractivity contribution >= 4 is 28.1 Å². The van der Waals surface area contributed by atoms with Crippen LogP contribution in [0.2, 0.25) is 0 Å². The molecule has 0 fully saturated rings. The number of benzene rings is 3. The van der Waals surface area contributed by atoms with Crippen molar-refractivity contribution in [3.63, 3.8) is 0 Å². The van der Waals surface area contributed by atoms with Crippen LogP contribution in [0.5, 0.6) is 0 Å². The molecule has 0 aliphatic heterocycles. The number of nitrogens with two attached hydrogens (primary N) is 1. The van der Waals surface area contributed by atoms with Crippen molar-refractivity contribution in [1.82, 2.24) is 4.98 Å². The van der Waals surface area contributed by atoms with Gasteiger partial charge in [0.2, 0.25) is 0 Å². The Labute approximate surface area is 178 Å². The van der Waals surface area contributed by atoms with E-state index in [1.165, 1.54) is 11.1 Å². The van der Waals surface area contributed by atoms with E-state index in [9.17, 15) is 0 Å². The Morgan fingerprint density at radius 3 is 2.43 bits per heavy atom. The van der Waals surface area contributed by atoms with Gasteiger partial charge in [0.1, 0.15) is 5.82 Å².